The number of para-hydroxylation sites is 1. The molecule has 0 fully saturated rings. The lowest BCUT2D eigenvalue weighted by molar-refractivity contribution is -0.115. The summed E-state index contributed by atoms with van der Waals surface area (Å²) in [5.41, 5.74) is 2.77. The first-order valence-corrected chi connectivity index (χ1v) is 8.37. The number of aromatic nitrogens is 2. The highest BCUT2D eigenvalue weighted by Crippen LogP contribution is 2.24. The zero-order valence-electron chi connectivity index (χ0n) is 14.4. The summed E-state index contributed by atoms with van der Waals surface area (Å²) in [6, 6.07) is 20.0. The molecule has 0 spiro atoms. The Morgan fingerprint density at radius 2 is 1.68 bits per heavy atom. The molecule has 0 bridgehead atoms. The molecule has 5 nitrogen and oxygen atoms in total. The van der Waals surface area contributed by atoms with Crippen LogP contribution in [0.1, 0.15) is 13.8 Å². The quantitative estimate of drug-likeness (QED) is 0.725. The number of anilines is 1. The molecule has 5 heteroatoms. The van der Waals surface area contributed by atoms with Gasteiger partial charge in [-0.05, 0) is 12.1 Å². The van der Waals surface area contributed by atoms with Crippen LogP contribution < -0.4 is 10.6 Å². The molecule has 0 aliphatic rings. The third-order valence-electron chi connectivity index (χ3n) is 3.73. The molecule has 1 heterocycles. The molecule has 1 aromatic heterocycles. The SMILES string of the molecule is CC(C)NCC(=O)Nc1nc(-c2ccccc2)cn1-c1ccccc1. The highest BCUT2D eigenvalue weighted by molar-refractivity contribution is 5.91. The van der Waals surface area contributed by atoms with Crippen LogP contribution in [0.25, 0.3) is 16.9 Å². The van der Waals surface area contributed by atoms with Crippen molar-refractivity contribution in [3.8, 4) is 16.9 Å². The van der Waals surface area contributed by atoms with Crippen molar-refractivity contribution in [2.45, 2.75) is 19.9 Å². The van der Waals surface area contributed by atoms with Crippen molar-refractivity contribution in [3.05, 3.63) is 66.9 Å². The van der Waals surface area contributed by atoms with E-state index < -0.39 is 0 Å². The summed E-state index contributed by atoms with van der Waals surface area (Å²) in [5.74, 6) is 0.400. The summed E-state index contributed by atoms with van der Waals surface area (Å²) in [5, 5.41) is 6.02. The van der Waals surface area contributed by atoms with Gasteiger partial charge in [-0.1, -0.05) is 62.4 Å². The third kappa shape index (κ3) is 4.33. The van der Waals surface area contributed by atoms with E-state index in [1.54, 1.807) is 0 Å². The topological polar surface area (TPSA) is 59.0 Å². The Hall–Kier alpha value is -2.92. The smallest absolute Gasteiger partial charge is 0.240 e. The van der Waals surface area contributed by atoms with E-state index in [4.69, 9.17) is 0 Å². The Labute approximate surface area is 147 Å². The molecular weight excluding hydrogens is 312 g/mol. The van der Waals surface area contributed by atoms with Crippen LogP contribution in [0.5, 0.6) is 0 Å². The second-order valence-electron chi connectivity index (χ2n) is 6.11. The van der Waals surface area contributed by atoms with Crippen LogP contribution in [0.15, 0.2) is 66.9 Å². The molecular formula is C20H22N4O. The van der Waals surface area contributed by atoms with E-state index in [9.17, 15) is 4.79 Å². The average Bonchev–Trinajstić information content (AvgIpc) is 3.05. The Kier molecular flexibility index (Phi) is 5.26. The highest BCUT2D eigenvalue weighted by atomic mass is 16.2. The number of carbonyl (C=O) groups is 1. The summed E-state index contributed by atoms with van der Waals surface area (Å²) in [4.78, 5) is 16.8. The summed E-state index contributed by atoms with van der Waals surface area (Å²) in [7, 11) is 0. The van der Waals surface area contributed by atoms with Crippen molar-refractivity contribution >= 4 is 11.9 Å². The van der Waals surface area contributed by atoms with Crippen molar-refractivity contribution in [1.82, 2.24) is 14.9 Å². The predicted molar refractivity (Wildman–Crippen MR) is 101 cm³/mol. The largest absolute Gasteiger partial charge is 0.306 e. The van der Waals surface area contributed by atoms with E-state index in [1.807, 2.05) is 85.3 Å². The number of benzene rings is 2. The van der Waals surface area contributed by atoms with Crippen LogP contribution >= 0.6 is 0 Å². The molecule has 2 aromatic carbocycles. The van der Waals surface area contributed by atoms with E-state index in [1.165, 1.54) is 0 Å². The molecule has 0 aliphatic carbocycles. The van der Waals surface area contributed by atoms with Gasteiger partial charge in [-0.2, -0.15) is 0 Å². The summed E-state index contributed by atoms with van der Waals surface area (Å²) in [6.45, 7) is 4.26. The average molecular weight is 334 g/mol. The molecule has 3 rings (SSSR count). The maximum atomic E-state index is 12.2. The summed E-state index contributed by atoms with van der Waals surface area (Å²) < 4.78 is 1.90. The molecule has 0 aliphatic heterocycles. The molecule has 0 saturated carbocycles. The first kappa shape index (κ1) is 16.9. The number of nitrogens with zero attached hydrogens (tertiary/aromatic N) is 2. The van der Waals surface area contributed by atoms with E-state index in [-0.39, 0.29) is 18.5 Å². The number of carbonyl (C=O) groups excluding carboxylic acids is 1. The van der Waals surface area contributed by atoms with E-state index >= 15 is 0 Å². The van der Waals surface area contributed by atoms with Gasteiger partial charge in [0, 0.05) is 23.5 Å². The maximum absolute atomic E-state index is 12.2. The first-order valence-electron chi connectivity index (χ1n) is 8.37. The van der Waals surface area contributed by atoms with Gasteiger partial charge >= 0.3 is 0 Å². The van der Waals surface area contributed by atoms with E-state index in [0.29, 0.717) is 5.95 Å². The minimum absolute atomic E-state index is 0.115. The Morgan fingerprint density at radius 1 is 1.04 bits per heavy atom. The number of amides is 1. The summed E-state index contributed by atoms with van der Waals surface area (Å²) >= 11 is 0. The van der Waals surface area contributed by atoms with Gasteiger partial charge in [-0.15, -0.1) is 0 Å². The van der Waals surface area contributed by atoms with Crippen LogP contribution in [0.3, 0.4) is 0 Å². The fourth-order valence-electron chi connectivity index (χ4n) is 2.47. The minimum atomic E-state index is -0.115. The number of hydrogen-bond donors (Lipinski definition) is 2. The molecule has 0 radical (unpaired) electrons. The second kappa shape index (κ2) is 7.77. The predicted octanol–water partition coefficient (Wildman–Crippen LogP) is 3.48. The third-order valence-corrected chi connectivity index (χ3v) is 3.73. The minimum Gasteiger partial charge on any atom is -0.306 e. The zero-order valence-corrected chi connectivity index (χ0v) is 14.4. The maximum Gasteiger partial charge on any atom is 0.240 e. The van der Waals surface area contributed by atoms with Gasteiger partial charge in [0.2, 0.25) is 11.9 Å². The van der Waals surface area contributed by atoms with Crippen molar-refractivity contribution in [2.24, 2.45) is 0 Å². The van der Waals surface area contributed by atoms with Crippen LogP contribution in [-0.4, -0.2) is 28.0 Å². The van der Waals surface area contributed by atoms with Crippen LogP contribution in [0, 0.1) is 0 Å². The van der Waals surface area contributed by atoms with Crippen molar-refractivity contribution in [1.29, 1.82) is 0 Å². The van der Waals surface area contributed by atoms with Gasteiger partial charge in [0.15, 0.2) is 0 Å². The second-order valence-corrected chi connectivity index (χ2v) is 6.11. The number of imidazole rings is 1. The highest BCUT2D eigenvalue weighted by Gasteiger charge is 2.13. The lowest BCUT2D eigenvalue weighted by Gasteiger charge is -2.10. The molecule has 2 N–H and O–H groups in total. The molecule has 0 unspecified atom stereocenters. The van der Waals surface area contributed by atoms with Crippen molar-refractivity contribution in [3.63, 3.8) is 0 Å². The Morgan fingerprint density at radius 3 is 2.32 bits per heavy atom. The first-order chi connectivity index (χ1) is 12.1. The normalized spacial score (nSPS) is 10.8. The van der Waals surface area contributed by atoms with Gasteiger partial charge in [-0.25, -0.2) is 4.98 Å². The Bertz CT molecular complexity index is 825. The molecule has 128 valence electrons. The standard InChI is InChI=1S/C20H22N4O/c1-15(2)21-13-19(25)23-20-22-18(16-9-5-3-6-10-16)14-24(20)17-11-7-4-8-12-17/h3-12,14-15,21H,13H2,1-2H3,(H,22,23,25). The van der Waals surface area contributed by atoms with E-state index in [0.717, 1.165) is 16.9 Å². The van der Waals surface area contributed by atoms with Gasteiger partial charge in [-0.3, -0.25) is 14.7 Å². The van der Waals surface area contributed by atoms with Gasteiger partial charge in [0.05, 0.1) is 12.2 Å². The molecule has 0 saturated heterocycles. The van der Waals surface area contributed by atoms with Gasteiger partial charge in [0.25, 0.3) is 0 Å². The Balaban J connectivity index is 1.92. The number of rotatable bonds is 6. The molecule has 0 atom stereocenters. The number of hydrogen-bond acceptors (Lipinski definition) is 3. The van der Waals surface area contributed by atoms with Crippen LogP contribution in [-0.2, 0) is 4.79 Å². The lowest BCUT2D eigenvalue weighted by Crippen LogP contribution is -2.33. The number of nitrogens with one attached hydrogen (secondary N) is 2. The lowest BCUT2D eigenvalue weighted by atomic mass is 10.2. The van der Waals surface area contributed by atoms with Crippen LogP contribution in [0.4, 0.5) is 5.95 Å². The van der Waals surface area contributed by atoms with Gasteiger partial charge in [0.1, 0.15) is 0 Å². The van der Waals surface area contributed by atoms with E-state index in [2.05, 4.69) is 15.6 Å². The van der Waals surface area contributed by atoms with Crippen molar-refractivity contribution in [2.75, 3.05) is 11.9 Å². The molecule has 1 amide bonds. The van der Waals surface area contributed by atoms with Crippen molar-refractivity contribution < 1.29 is 4.79 Å². The zero-order chi connectivity index (χ0) is 17.6. The fraction of sp³-hybridized carbons (Fsp3) is 0.200. The molecule has 25 heavy (non-hydrogen) atoms. The fourth-order valence-corrected chi connectivity index (χ4v) is 2.47. The van der Waals surface area contributed by atoms with Gasteiger partial charge < -0.3 is 5.32 Å². The summed E-state index contributed by atoms with van der Waals surface area (Å²) in [6.07, 6.45) is 1.94. The molecule has 3 aromatic rings. The van der Waals surface area contributed by atoms with Crippen LogP contribution in [0.2, 0.25) is 0 Å². The monoisotopic (exact) mass is 334 g/mol.